The van der Waals surface area contributed by atoms with Gasteiger partial charge in [-0.25, -0.2) is 0 Å². The topological polar surface area (TPSA) is 12.0 Å². The average molecular weight is 324 g/mol. The van der Waals surface area contributed by atoms with Gasteiger partial charge in [0.2, 0.25) is 0 Å². The van der Waals surface area contributed by atoms with E-state index in [-0.39, 0.29) is 0 Å². The Morgan fingerprint density at radius 2 is 2.06 bits per heavy atom. The molecule has 1 heterocycles. The number of benzene rings is 1. The molecule has 96 valence electrons. The minimum atomic E-state index is 0.926. The van der Waals surface area contributed by atoms with Crippen molar-refractivity contribution < 1.29 is 0 Å². The third-order valence-electron chi connectivity index (χ3n) is 3.06. The van der Waals surface area contributed by atoms with Gasteiger partial charge in [-0.1, -0.05) is 35.0 Å². The van der Waals surface area contributed by atoms with E-state index >= 15 is 0 Å². The summed E-state index contributed by atoms with van der Waals surface area (Å²) in [5.74, 6) is 0. The summed E-state index contributed by atoms with van der Waals surface area (Å²) in [6, 6.07) is 8.74. The predicted molar refractivity (Wildman–Crippen MR) is 83.1 cm³/mol. The van der Waals surface area contributed by atoms with E-state index in [1.54, 1.807) is 0 Å². The number of hydrogen-bond acceptors (Lipinski definition) is 2. The van der Waals surface area contributed by atoms with Crippen molar-refractivity contribution in [2.45, 2.75) is 33.4 Å². The molecular weight excluding hydrogens is 306 g/mol. The molecule has 0 amide bonds. The lowest BCUT2D eigenvalue weighted by molar-refractivity contribution is 0.696. The van der Waals surface area contributed by atoms with E-state index in [9.17, 15) is 0 Å². The van der Waals surface area contributed by atoms with Gasteiger partial charge in [-0.15, -0.1) is 11.3 Å². The maximum Gasteiger partial charge on any atom is 0.0305 e. The van der Waals surface area contributed by atoms with Gasteiger partial charge in [-0.2, -0.15) is 0 Å². The molecule has 0 bridgehead atoms. The maximum absolute atomic E-state index is 3.53. The first-order valence-corrected chi connectivity index (χ1v) is 7.89. The van der Waals surface area contributed by atoms with Crippen molar-refractivity contribution in [2.24, 2.45) is 0 Å². The molecule has 0 aliphatic rings. The summed E-state index contributed by atoms with van der Waals surface area (Å²) in [6.45, 7) is 6.23. The fourth-order valence-corrected chi connectivity index (χ4v) is 3.17. The summed E-state index contributed by atoms with van der Waals surface area (Å²) < 4.78 is 1.18. The number of halogens is 1. The molecule has 2 aromatic rings. The Labute approximate surface area is 121 Å². The molecule has 1 N–H and O–H groups in total. The summed E-state index contributed by atoms with van der Waals surface area (Å²) in [7, 11) is 0. The molecule has 3 heteroatoms. The van der Waals surface area contributed by atoms with Gasteiger partial charge in [0.1, 0.15) is 0 Å². The molecule has 1 aromatic carbocycles. The highest BCUT2D eigenvalue weighted by Crippen LogP contribution is 2.18. The van der Waals surface area contributed by atoms with Crippen molar-refractivity contribution in [3.8, 4) is 0 Å². The van der Waals surface area contributed by atoms with Crippen LogP contribution in [0, 0.1) is 6.92 Å². The summed E-state index contributed by atoms with van der Waals surface area (Å²) >= 11 is 5.37. The van der Waals surface area contributed by atoms with Crippen molar-refractivity contribution in [3.63, 3.8) is 0 Å². The molecule has 0 saturated heterocycles. The van der Waals surface area contributed by atoms with Crippen LogP contribution in [0.4, 0.5) is 0 Å². The summed E-state index contributed by atoms with van der Waals surface area (Å²) in [6.07, 6.45) is 1.12. The van der Waals surface area contributed by atoms with E-state index in [1.165, 1.54) is 26.0 Å². The van der Waals surface area contributed by atoms with Crippen LogP contribution in [-0.4, -0.2) is 0 Å². The minimum Gasteiger partial charge on any atom is -0.308 e. The highest BCUT2D eigenvalue weighted by molar-refractivity contribution is 9.10. The molecule has 1 nitrogen and oxygen atoms in total. The van der Waals surface area contributed by atoms with Crippen LogP contribution < -0.4 is 5.32 Å². The molecule has 0 unspecified atom stereocenters. The molecule has 0 aliphatic carbocycles. The number of nitrogens with one attached hydrogen (secondary N) is 1. The van der Waals surface area contributed by atoms with Gasteiger partial charge in [0.15, 0.2) is 0 Å². The zero-order chi connectivity index (χ0) is 13.0. The normalized spacial score (nSPS) is 10.8. The van der Waals surface area contributed by atoms with Gasteiger partial charge < -0.3 is 5.32 Å². The molecule has 0 spiro atoms. The van der Waals surface area contributed by atoms with E-state index in [2.05, 4.69) is 64.7 Å². The molecular formula is C15H18BrNS. The van der Waals surface area contributed by atoms with Crippen LogP contribution in [0.2, 0.25) is 0 Å². The second-order valence-corrected chi connectivity index (χ2v) is 6.26. The molecule has 0 atom stereocenters. The highest BCUT2D eigenvalue weighted by Gasteiger charge is 2.02. The number of thiophene rings is 1. The van der Waals surface area contributed by atoms with Crippen molar-refractivity contribution in [1.29, 1.82) is 0 Å². The molecule has 0 radical (unpaired) electrons. The Kier molecular flexibility index (Phi) is 4.98. The lowest BCUT2D eigenvalue weighted by Crippen LogP contribution is -2.12. The first-order chi connectivity index (χ1) is 8.70. The molecule has 0 fully saturated rings. The highest BCUT2D eigenvalue weighted by atomic mass is 79.9. The summed E-state index contributed by atoms with van der Waals surface area (Å²) in [5, 5.41) is 5.70. The second kappa shape index (κ2) is 6.50. The largest absolute Gasteiger partial charge is 0.308 e. The quantitative estimate of drug-likeness (QED) is 0.843. The monoisotopic (exact) mass is 323 g/mol. The Bertz CT molecular complexity index is 519. The van der Waals surface area contributed by atoms with Crippen LogP contribution in [0.1, 0.15) is 28.5 Å². The first-order valence-electron chi connectivity index (χ1n) is 6.21. The van der Waals surface area contributed by atoms with Crippen LogP contribution in [0.15, 0.2) is 34.1 Å². The van der Waals surface area contributed by atoms with Gasteiger partial charge in [-0.05, 0) is 47.5 Å². The maximum atomic E-state index is 3.53. The van der Waals surface area contributed by atoms with E-state index in [1.807, 2.05) is 11.3 Å². The number of rotatable bonds is 5. The summed E-state index contributed by atoms with van der Waals surface area (Å²) in [4.78, 5) is 1.46. The standard InChI is InChI=1S/C15H18BrNS/c1-3-13-6-7-18-15(13)10-17-9-12-4-5-14(16)11(2)8-12/h4-8,17H,3,9-10H2,1-2H3. The van der Waals surface area contributed by atoms with Gasteiger partial charge in [0, 0.05) is 22.4 Å². The van der Waals surface area contributed by atoms with Crippen LogP contribution in [0.3, 0.4) is 0 Å². The number of aryl methyl sites for hydroxylation is 2. The Hall–Kier alpha value is -0.640. The lowest BCUT2D eigenvalue weighted by Gasteiger charge is -2.07. The van der Waals surface area contributed by atoms with E-state index in [4.69, 9.17) is 0 Å². The van der Waals surface area contributed by atoms with Crippen molar-refractivity contribution >= 4 is 27.3 Å². The van der Waals surface area contributed by atoms with Crippen molar-refractivity contribution in [1.82, 2.24) is 5.32 Å². The van der Waals surface area contributed by atoms with Gasteiger partial charge in [-0.3, -0.25) is 0 Å². The Morgan fingerprint density at radius 3 is 2.78 bits per heavy atom. The zero-order valence-electron chi connectivity index (χ0n) is 10.8. The molecule has 18 heavy (non-hydrogen) atoms. The molecule has 0 saturated carbocycles. The zero-order valence-corrected chi connectivity index (χ0v) is 13.2. The Balaban J connectivity index is 1.90. The van der Waals surface area contributed by atoms with Gasteiger partial charge >= 0.3 is 0 Å². The van der Waals surface area contributed by atoms with Gasteiger partial charge in [0.25, 0.3) is 0 Å². The van der Waals surface area contributed by atoms with E-state index < -0.39 is 0 Å². The second-order valence-electron chi connectivity index (χ2n) is 4.41. The first kappa shape index (κ1) is 13.8. The molecule has 1 aromatic heterocycles. The fraction of sp³-hybridized carbons (Fsp3) is 0.333. The smallest absolute Gasteiger partial charge is 0.0305 e. The van der Waals surface area contributed by atoms with Crippen LogP contribution in [0.25, 0.3) is 0 Å². The van der Waals surface area contributed by atoms with Crippen LogP contribution >= 0.6 is 27.3 Å². The van der Waals surface area contributed by atoms with Crippen molar-refractivity contribution in [3.05, 3.63) is 55.7 Å². The fourth-order valence-electron chi connectivity index (χ4n) is 1.97. The minimum absolute atomic E-state index is 0.926. The molecule has 2 rings (SSSR count). The van der Waals surface area contributed by atoms with Crippen molar-refractivity contribution in [2.75, 3.05) is 0 Å². The lowest BCUT2D eigenvalue weighted by atomic mass is 10.1. The van der Waals surface area contributed by atoms with Gasteiger partial charge in [0.05, 0.1) is 0 Å². The van der Waals surface area contributed by atoms with E-state index in [0.29, 0.717) is 0 Å². The third-order valence-corrected chi connectivity index (χ3v) is 4.91. The SMILES string of the molecule is CCc1ccsc1CNCc1ccc(Br)c(C)c1. The van der Waals surface area contributed by atoms with Crippen LogP contribution in [0.5, 0.6) is 0 Å². The Morgan fingerprint density at radius 1 is 1.22 bits per heavy atom. The number of hydrogen-bond donors (Lipinski definition) is 1. The average Bonchev–Trinajstić information content (AvgIpc) is 2.81. The van der Waals surface area contributed by atoms with Crippen LogP contribution in [-0.2, 0) is 19.5 Å². The predicted octanol–water partition coefficient (Wildman–Crippen LogP) is 4.67. The third kappa shape index (κ3) is 3.44. The molecule has 0 aliphatic heterocycles. The summed E-state index contributed by atoms with van der Waals surface area (Å²) in [5.41, 5.74) is 4.10. The van der Waals surface area contributed by atoms with E-state index in [0.717, 1.165) is 19.5 Å².